The van der Waals surface area contributed by atoms with Crippen LogP contribution in [0.5, 0.6) is 5.75 Å². The molecule has 1 saturated heterocycles. The number of benzene rings is 1. The number of aromatic amines is 1. The number of rotatable bonds is 3. The fourth-order valence-electron chi connectivity index (χ4n) is 3.59. The zero-order chi connectivity index (χ0) is 17.9. The average Bonchev–Trinajstić information content (AvgIpc) is 3.20. The molecule has 1 N–H and O–H groups in total. The fraction of sp³-hybridized carbons (Fsp3) is 0.400. The summed E-state index contributed by atoms with van der Waals surface area (Å²) in [6, 6.07) is 9.51. The van der Waals surface area contributed by atoms with Gasteiger partial charge in [0.05, 0.1) is 13.0 Å². The molecule has 1 aromatic heterocycles. The molecule has 6 nitrogen and oxygen atoms in total. The lowest BCUT2D eigenvalue weighted by atomic mass is 10.0. The molecule has 2 amide bonds. The number of amides is 2. The number of aromatic nitrogens is 1. The number of piperazine rings is 1. The van der Waals surface area contributed by atoms with E-state index in [0.29, 0.717) is 38.2 Å². The first-order valence-corrected chi connectivity index (χ1v) is 9.16. The van der Waals surface area contributed by atoms with Crippen LogP contribution in [0.25, 0.3) is 0 Å². The topological polar surface area (TPSA) is 65.6 Å². The van der Waals surface area contributed by atoms with E-state index in [2.05, 4.69) is 4.98 Å². The molecule has 6 heteroatoms. The number of carbonyl (C=O) groups is 2. The molecule has 0 spiro atoms. The second-order valence-corrected chi connectivity index (χ2v) is 6.82. The lowest BCUT2D eigenvalue weighted by molar-refractivity contribution is -0.132. The number of fused-ring (bicyclic) bond motifs is 1. The van der Waals surface area contributed by atoms with Crippen molar-refractivity contribution in [3.63, 3.8) is 0 Å². The molecular formula is C20H23N3O3. The predicted octanol–water partition coefficient (Wildman–Crippen LogP) is 1.87. The highest BCUT2D eigenvalue weighted by molar-refractivity contribution is 5.95. The summed E-state index contributed by atoms with van der Waals surface area (Å²) in [6.07, 6.45) is 4.15. The number of ether oxygens (including phenoxy) is 1. The van der Waals surface area contributed by atoms with Crippen LogP contribution in [0.15, 0.2) is 36.5 Å². The van der Waals surface area contributed by atoms with Gasteiger partial charge in [-0.25, -0.2) is 0 Å². The Kier molecular flexibility index (Phi) is 4.65. The van der Waals surface area contributed by atoms with Gasteiger partial charge in [0.2, 0.25) is 5.91 Å². The van der Waals surface area contributed by atoms with Crippen molar-refractivity contribution in [2.24, 2.45) is 0 Å². The van der Waals surface area contributed by atoms with Crippen molar-refractivity contribution < 1.29 is 14.3 Å². The summed E-state index contributed by atoms with van der Waals surface area (Å²) in [5.41, 5.74) is 2.74. The van der Waals surface area contributed by atoms with Gasteiger partial charge in [-0.1, -0.05) is 0 Å². The van der Waals surface area contributed by atoms with Crippen LogP contribution in [0.4, 0.5) is 0 Å². The van der Waals surface area contributed by atoms with E-state index in [1.165, 1.54) is 0 Å². The van der Waals surface area contributed by atoms with Gasteiger partial charge >= 0.3 is 0 Å². The zero-order valence-electron chi connectivity index (χ0n) is 14.7. The number of hydrogen-bond donors (Lipinski definition) is 1. The minimum Gasteiger partial charge on any atom is -0.493 e. The van der Waals surface area contributed by atoms with Gasteiger partial charge in [-0.3, -0.25) is 9.59 Å². The van der Waals surface area contributed by atoms with Crippen molar-refractivity contribution >= 4 is 11.8 Å². The molecule has 2 aliphatic rings. The van der Waals surface area contributed by atoms with E-state index in [0.717, 1.165) is 36.5 Å². The van der Waals surface area contributed by atoms with E-state index in [-0.39, 0.29) is 11.8 Å². The third-order valence-corrected chi connectivity index (χ3v) is 5.08. The van der Waals surface area contributed by atoms with Gasteiger partial charge in [0.1, 0.15) is 5.75 Å². The first-order valence-electron chi connectivity index (χ1n) is 9.16. The highest BCUT2D eigenvalue weighted by Gasteiger charge is 2.25. The van der Waals surface area contributed by atoms with Crippen LogP contribution in [-0.2, 0) is 17.6 Å². The quantitative estimate of drug-likeness (QED) is 0.916. The van der Waals surface area contributed by atoms with Crippen LogP contribution >= 0.6 is 0 Å². The van der Waals surface area contributed by atoms with Gasteiger partial charge in [0.15, 0.2) is 0 Å². The molecule has 0 atom stereocenters. The number of hydrogen-bond acceptors (Lipinski definition) is 3. The molecule has 0 unspecified atom stereocenters. The third kappa shape index (κ3) is 3.45. The summed E-state index contributed by atoms with van der Waals surface area (Å²) in [7, 11) is 0. The van der Waals surface area contributed by atoms with E-state index < -0.39 is 0 Å². The van der Waals surface area contributed by atoms with Crippen LogP contribution in [0.2, 0.25) is 0 Å². The van der Waals surface area contributed by atoms with Crippen molar-refractivity contribution in [2.75, 3.05) is 32.8 Å². The lowest BCUT2D eigenvalue weighted by Crippen LogP contribution is -2.51. The maximum Gasteiger partial charge on any atom is 0.253 e. The van der Waals surface area contributed by atoms with Crippen LogP contribution in [0, 0.1) is 0 Å². The first kappa shape index (κ1) is 16.7. The first-order chi connectivity index (χ1) is 12.7. The molecule has 4 rings (SSSR count). The molecule has 136 valence electrons. The average molecular weight is 353 g/mol. The maximum atomic E-state index is 12.8. The molecule has 1 fully saturated rings. The molecule has 2 aliphatic heterocycles. The van der Waals surface area contributed by atoms with E-state index >= 15 is 0 Å². The molecule has 26 heavy (non-hydrogen) atoms. The van der Waals surface area contributed by atoms with Gasteiger partial charge in [0.25, 0.3) is 5.91 Å². The molecule has 0 bridgehead atoms. The molecule has 1 aromatic carbocycles. The molecular weight excluding hydrogens is 330 g/mol. The monoisotopic (exact) mass is 353 g/mol. The van der Waals surface area contributed by atoms with Crippen LogP contribution in [0.1, 0.15) is 28.0 Å². The van der Waals surface area contributed by atoms with Gasteiger partial charge in [0, 0.05) is 43.6 Å². The smallest absolute Gasteiger partial charge is 0.253 e. The van der Waals surface area contributed by atoms with Gasteiger partial charge in [-0.05, 0) is 48.7 Å². The molecule has 3 heterocycles. The Morgan fingerprint density at radius 1 is 1.08 bits per heavy atom. The highest BCUT2D eigenvalue weighted by Crippen LogP contribution is 2.26. The summed E-state index contributed by atoms with van der Waals surface area (Å²) in [6.45, 7) is 3.06. The number of carbonyl (C=O) groups excluding carboxylic acids is 2. The Morgan fingerprint density at radius 2 is 1.88 bits per heavy atom. The van der Waals surface area contributed by atoms with Gasteiger partial charge in [-0.15, -0.1) is 0 Å². The fourth-order valence-corrected chi connectivity index (χ4v) is 3.59. The Bertz CT molecular complexity index is 793. The normalized spacial score (nSPS) is 16.8. The van der Waals surface area contributed by atoms with Gasteiger partial charge in [-0.2, -0.15) is 0 Å². The molecule has 0 aliphatic carbocycles. The van der Waals surface area contributed by atoms with Crippen molar-refractivity contribution in [3.8, 4) is 5.75 Å². The van der Waals surface area contributed by atoms with E-state index in [1.807, 2.05) is 46.3 Å². The second kappa shape index (κ2) is 7.23. The van der Waals surface area contributed by atoms with Crippen molar-refractivity contribution in [2.45, 2.75) is 19.3 Å². The highest BCUT2D eigenvalue weighted by atomic mass is 16.5. The van der Waals surface area contributed by atoms with Crippen molar-refractivity contribution in [1.29, 1.82) is 0 Å². The predicted molar refractivity (Wildman–Crippen MR) is 97.2 cm³/mol. The number of aryl methyl sites for hydroxylation is 1. The number of nitrogens with one attached hydrogen (secondary N) is 1. The summed E-state index contributed by atoms with van der Waals surface area (Å²) in [5.74, 6) is 1.04. The van der Waals surface area contributed by atoms with Crippen molar-refractivity contribution in [1.82, 2.24) is 14.8 Å². The second-order valence-electron chi connectivity index (χ2n) is 6.82. The molecule has 0 radical (unpaired) electrons. The standard InChI is InChI=1S/C20H23N3O3/c24-19(14-17-4-1-7-21-17)22-8-10-23(11-9-22)20(25)16-5-6-18-15(13-16)3-2-12-26-18/h1,4-7,13,21H,2-3,8-12,14H2. The summed E-state index contributed by atoms with van der Waals surface area (Å²) in [4.78, 5) is 31.9. The molecule has 2 aromatic rings. The lowest BCUT2D eigenvalue weighted by Gasteiger charge is -2.35. The van der Waals surface area contributed by atoms with Crippen LogP contribution in [0.3, 0.4) is 0 Å². The van der Waals surface area contributed by atoms with Crippen molar-refractivity contribution in [3.05, 3.63) is 53.3 Å². The van der Waals surface area contributed by atoms with E-state index in [1.54, 1.807) is 0 Å². The minimum absolute atomic E-state index is 0.0369. The van der Waals surface area contributed by atoms with E-state index in [9.17, 15) is 9.59 Å². The summed E-state index contributed by atoms with van der Waals surface area (Å²) >= 11 is 0. The molecule has 0 saturated carbocycles. The number of nitrogens with zero attached hydrogens (tertiary/aromatic N) is 2. The Morgan fingerprint density at radius 3 is 2.65 bits per heavy atom. The summed E-state index contributed by atoms with van der Waals surface area (Å²) in [5, 5.41) is 0. The number of H-pyrrole nitrogens is 1. The third-order valence-electron chi connectivity index (χ3n) is 5.08. The van der Waals surface area contributed by atoms with E-state index in [4.69, 9.17) is 4.74 Å². The Labute approximate surface area is 152 Å². The minimum atomic E-state index is 0.0369. The van der Waals surface area contributed by atoms with Gasteiger partial charge < -0.3 is 19.5 Å². The maximum absolute atomic E-state index is 12.8. The zero-order valence-corrected chi connectivity index (χ0v) is 14.7. The van der Waals surface area contributed by atoms with Crippen LogP contribution in [-0.4, -0.2) is 59.4 Å². The Hall–Kier alpha value is -2.76. The Balaban J connectivity index is 1.35. The van der Waals surface area contributed by atoms with Crippen LogP contribution < -0.4 is 4.74 Å². The SMILES string of the molecule is O=C(Cc1ccc[nH]1)N1CCN(C(=O)c2ccc3c(c2)CCCO3)CC1. The largest absolute Gasteiger partial charge is 0.493 e. The summed E-state index contributed by atoms with van der Waals surface area (Å²) < 4.78 is 5.62.